The molecule has 2 N–H and O–H groups in total. The first kappa shape index (κ1) is 16.6. The number of rotatable bonds is 3. The van der Waals surface area contributed by atoms with Gasteiger partial charge in [-0.25, -0.2) is 9.18 Å². The molecule has 0 bridgehead atoms. The zero-order valence-electron chi connectivity index (χ0n) is 13.6. The Morgan fingerprint density at radius 1 is 1.17 bits per heavy atom. The van der Waals surface area contributed by atoms with Crippen LogP contribution in [0.3, 0.4) is 0 Å². The van der Waals surface area contributed by atoms with Crippen LogP contribution < -0.4 is 15.5 Å². The largest absolute Gasteiger partial charge is 0.346 e. The van der Waals surface area contributed by atoms with E-state index in [1.54, 1.807) is 0 Å². The van der Waals surface area contributed by atoms with Crippen LogP contribution in [0.15, 0.2) is 24.3 Å². The average Bonchev–Trinajstić information content (AvgIpc) is 2.97. The highest BCUT2D eigenvalue weighted by atomic mass is 32.1. The molecule has 2 heterocycles. The minimum atomic E-state index is -0.426. The molecule has 1 aromatic carbocycles. The predicted octanol–water partition coefficient (Wildman–Crippen LogP) is 3.80. The summed E-state index contributed by atoms with van der Waals surface area (Å²) in [5, 5.41) is 14.8. The molecule has 2 atom stereocenters. The standard InChI is InChI=1S/C16H20FN5OS/c1-10-7-11(2)9-22(8-10)16-21-20-15(24-16)19-14(23)18-13-5-3-12(17)4-6-13/h3-6,10-11H,7-9H2,1-2H3,(H2,18,19,20,23)/t10-,11-/m0/s1. The van der Waals surface area contributed by atoms with Crippen LogP contribution in [0.25, 0.3) is 0 Å². The second-order valence-electron chi connectivity index (χ2n) is 6.33. The Morgan fingerprint density at radius 3 is 2.50 bits per heavy atom. The van der Waals surface area contributed by atoms with E-state index in [1.165, 1.54) is 42.0 Å². The Bertz CT molecular complexity index is 695. The molecule has 0 spiro atoms. The Hall–Kier alpha value is -2.22. The van der Waals surface area contributed by atoms with Crippen LogP contribution in [0.1, 0.15) is 20.3 Å². The van der Waals surface area contributed by atoms with Gasteiger partial charge in [0.15, 0.2) is 0 Å². The zero-order chi connectivity index (χ0) is 17.1. The first-order chi connectivity index (χ1) is 11.5. The quantitative estimate of drug-likeness (QED) is 0.884. The van der Waals surface area contributed by atoms with Gasteiger partial charge >= 0.3 is 6.03 Å². The highest BCUT2D eigenvalue weighted by Crippen LogP contribution is 2.30. The molecule has 128 valence electrons. The van der Waals surface area contributed by atoms with Gasteiger partial charge in [0.05, 0.1) is 0 Å². The van der Waals surface area contributed by atoms with Crippen molar-refractivity contribution in [2.24, 2.45) is 11.8 Å². The summed E-state index contributed by atoms with van der Waals surface area (Å²) in [6, 6.07) is 5.15. The minimum Gasteiger partial charge on any atom is -0.346 e. The van der Waals surface area contributed by atoms with Crippen molar-refractivity contribution in [2.45, 2.75) is 20.3 Å². The molecule has 1 aliphatic rings. The van der Waals surface area contributed by atoms with Crippen LogP contribution in [-0.4, -0.2) is 29.3 Å². The maximum absolute atomic E-state index is 12.9. The lowest BCUT2D eigenvalue weighted by atomic mass is 9.92. The fourth-order valence-electron chi connectivity index (χ4n) is 3.01. The number of aromatic nitrogens is 2. The normalized spacial score (nSPS) is 20.7. The van der Waals surface area contributed by atoms with Crippen molar-refractivity contribution in [3.05, 3.63) is 30.1 Å². The van der Waals surface area contributed by atoms with Gasteiger partial charge in [0.1, 0.15) is 5.82 Å². The number of carbonyl (C=O) groups is 1. The van der Waals surface area contributed by atoms with Crippen LogP contribution >= 0.6 is 11.3 Å². The van der Waals surface area contributed by atoms with Gasteiger partial charge in [-0.3, -0.25) is 5.32 Å². The summed E-state index contributed by atoms with van der Waals surface area (Å²) in [5.74, 6) is 0.895. The summed E-state index contributed by atoms with van der Waals surface area (Å²) >= 11 is 1.36. The van der Waals surface area contributed by atoms with Crippen LogP contribution in [0.5, 0.6) is 0 Å². The molecule has 2 amide bonds. The number of amides is 2. The van der Waals surface area contributed by atoms with E-state index in [-0.39, 0.29) is 5.82 Å². The minimum absolute atomic E-state index is 0.347. The first-order valence-electron chi connectivity index (χ1n) is 7.91. The lowest BCUT2D eigenvalue weighted by Crippen LogP contribution is -2.38. The lowest BCUT2D eigenvalue weighted by Gasteiger charge is -2.34. The molecular formula is C16H20FN5OS. The van der Waals surface area contributed by atoms with E-state index in [1.807, 2.05) is 0 Å². The first-order valence-corrected chi connectivity index (χ1v) is 8.73. The maximum atomic E-state index is 12.9. The molecule has 8 heteroatoms. The zero-order valence-corrected chi connectivity index (χ0v) is 14.4. The van der Waals surface area contributed by atoms with Crippen molar-refractivity contribution in [3.63, 3.8) is 0 Å². The third-order valence-corrected chi connectivity index (χ3v) is 4.78. The van der Waals surface area contributed by atoms with Crippen molar-refractivity contribution in [2.75, 3.05) is 28.6 Å². The number of halogens is 1. The number of hydrogen-bond donors (Lipinski definition) is 2. The van der Waals surface area contributed by atoms with E-state index in [4.69, 9.17) is 0 Å². The van der Waals surface area contributed by atoms with Gasteiger partial charge in [-0.2, -0.15) is 0 Å². The van der Waals surface area contributed by atoms with E-state index in [9.17, 15) is 9.18 Å². The predicted molar refractivity (Wildman–Crippen MR) is 94.1 cm³/mol. The molecule has 24 heavy (non-hydrogen) atoms. The van der Waals surface area contributed by atoms with Crippen molar-refractivity contribution in [3.8, 4) is 0 Å². The van der Waals surface area contributed by atoms with Gasteiger partial charge in [0.2, 0.25) is 10.3 Å². The number of urea groups is 1. The van der Waals surface area contributed by atoms with E-state index in [0.717, 1.165) is 18.2 Å². The third-order valence-electron chi connectivity index (χ3n) is 3.88. The summed E-state index contributed by atoms with van der Waals surface area (Å²) in [7, 11) is 0. The number of carbonyl (C=O) groups excluding carboxylic acids is 1. The highest BCUT2D eigenvalue weighted by Gasteiger charge is 2.24. The average molecular weight is 349 g/mol. The molecule has 0 unspecified atom stereocenters. The molecule has 0 radical (unpaired) electrons. The van der Waals surface area contributed by atoms with Gasteiger partial charge in [-0.05, 0) is 42.5 Å². The molecule has 1 aliphatic heterocycles. The number of hydrogen-bond acceptors (Lipinski definition) is 5. The Labute approximate surface area is 144 Å². The van der Waals surface area contributed by atoms with E-state index >= 15 is 0 Å². The topological polar surface area (TPSA) is 70.2 Å². The molecule has 0 aliphatic carbocycles. The molecule has 1 aromatic heterocycles. The Morgan fingerprint density at radius 2 is 1.83 bits per heavy atom. The summed E-state index contributed by atoms with van der Waals surface area (Å²) in [6.45, 7) is 6.39. The second kappa shape index (κ2) is 7.12. The monoisotopic (exact) mass is 349 g/mol. The Kier molecular flexibility index (Phi) is 4.94. The van der Waals surface area contributed by atoms with Gasteiger partial charge in [0, 0.05) is 18.8 Å². The molecule has 1 saturated heterocycles. The lowest BCUT2D eigenvalue weighted by molar-refractivity contribution is 0.262. The van der Waals surface area contributed by atoms with Gasteiger partial charge in [-0.1, -0.05) is 25.2 Å². The van der Waals surface area contributed by atoms with Crippen LogP contribution in [-0.2, 0) is 0 Å². The van der Waals surface area contributed by atoms with Crippen LogP contribution in [0.4, 0.5) is 25.1 Å². The highest BCUT2D eigenvalue weighted by molar-refractivity contribution is 7.19. The van der Waals surface area contributed by atoms with Crippen molar-refractivity contribution in [1.29, 1.82) is 0 Å². The smallest absolute Gasteiger partial charge is 0.325 e. The van der Waals surface area contributed by atoms with E-state index < -0.39 is 6.03 Å². The van der Waals surface area contributed by atoms with E-state index in [0.29, 0.717) is 22.7 Å². The van der Waals surface area contributed by atoms with Crippen molar-refractivity contribution in [1.82, 2.24) is 10.2 Å². The summed E-state index contributed by atoms with van der Waals surface area (Å²) in [6.07, 6.45) is 1.22. The number of anilines is 3. The number of benzene rings is 1. The SMILES string of the molecule is C[C@H]1C[C@H](C)CN(c2nnc(NC(=O)Nc3ccc(F)cc3)s2)C1. The number of piperidine rings is 1. The third kappa shape index (κ3) is 4.19. The van der Waals surface area contributed by atoms with Gasteiger partial charge in [-0.15, -0.1) is 10.2 Å². The molecule has 3 rings (SSSR count). The summed E-state index contributed by atoms with van der Waals surface area (Å²) in [4.78, 5) is 14.2. The molecule has 6 nitrogen and oxygen atoms in total. The fourth-order valence-corrected chi connectivity index (χ4v) is 3.76. The number of nitrogens with zero attached hydrogens (tertiary/aromatic N) is 3. The van der Waals surface area contributed by atoms with Gasteiger partial charge in [0.25, 0.3) is 0 Å². The maximum Gasteiger partial charge on any atom is 0.325 e. The number of nitrogens with one attached hydrogen (secondary N) is 2. The van der Waals surface area contributed by atoms with Crippen LogP contribution in [0.2, 0.25) is 0 Å². The van der Waals surface area contributed by atoms with Gasteiger partial charge < -0.3 is 10.2 Å². The summed E-state index contributed by atoms with van der Waals surface area (Å²) in [5.41, 5.74) is 0.511. The Balaban J connectivity index is 1.59. The molecule has 0 saturated carbocycles. The van der Waals surface area contributed by atoms with E-state index in [2.05, 4.69) is 39.6 Å². The second-order valence-corrected chi connectivity index (χ2v) is 7.28. The fraction of sp³-hybridized carbons (Fsp3) is 0.438. The van der Waals surface area contributed by atoms with Crippen molar-refractivity contribution < 1.29 is 9.18 Å². The molecule has 2 aromatic rings. The van der Waals surface area contributed by atoms with Crippen LogP contribution in [0, 0.1) is 17.7 Å². The summed E-state index contributed by atoms with van der Waals surface area (Å²) < 4.78 is 12.9. The molecular weight excluding hydrogens is 329 g/mol. The van der Waals surface area contributed by atoms with Crippen molar-refractivity contribution >= 4 is 33.3 Å². The molecule has 1 fully saturated rings.